The summed E-state index contributed by atoms with van der Waals surface area (Å²) in [5.41, 5.74) is 1.25. The van der Waals surface area contributed by atoms with Crippen molar-refractivity contribution >= 4 is 11.6 Å². The van der Waals surface area contributed by atoms with E-state index in [-0.39, 0.29) is 11.3 Å². The predicted octanol–water partition coefficient (Wildman–Crippen LogP) is 3.32. The molecule has 0 fully saturated rings. The molecule has 118 valence electrons. The maximum Gasteiger partial charge on any atom is 0.244 e. The van der Waals surface area contributed by atoms with E-state index in [1.807, 2.05) is 39.0 Å². The van der Waals surface area contributed by atoms with Crippen molar-refractivity contribution in [3.8, 4) is 5.75 Å². The van der Waals surface area contributed by atoms with Crippen LogP contribution in [0, 0.1) is 0 Å². The SMILES string of the molecule is CCNC(C)(C)C(=O)Nc1cc(C(C)(C)C)ccc1OC. The summed E-state index contributed by atoms with van der Waals surface area (Å²) in [6.45, 7) is 12.9. The number of benzene rings is 1. The van der Waals surface area contributed by atoms with Crippen LogP contribution < -0.4 is 15.4 Å². The Labute approximate surface area is 128 Å². The van der Waals surface area contributed by atoms with Crippen molar-refractivity contribution < 1.29 is 9.53 Å². The second-order valence-corrected chi connectivity index (χ2v) is 6.77. The molecule has 0 unspecified atom stereocenters. The number of nitrogens with one attached hydrogen (secondary N) is 2. The van der Waals surface area contributed by atoms with Gasteiger partial charge in [-0.2, -0.15) is 0 Å². The van der Waals surface area contributed by atoms with E-state index in [9.17, 15) is 4.79 Å². The predicted molar refractivity (Wildman–Crippen MR) is 88.1 cm³/mol. The first-order valence-electron chi connectivity index (χ1n) is 7.37. The Hall–Kier alpha value is -1.55. The summed E-state index contributed by atoms with van der Waals surface area (Å²) < 4.78 is 5.35. The monoisotopic (exact) mass is 292 g/mol. The van der Waals surface area contributed by atoms with Crippen molar-refractivity contribution in [1.29, 1.82) is 0 Å². The number of hydrogen-bond acceptors (Lipinski definition) is 3. The molecule has 0 spiro atoms. The van der Waals surface area contributed by atoms with Gasteiger partial charge in [-0.25, -0.2) is 0 Å². The molecule has 0 saturated heterocycles. The molecule has 0 bridgehead atoms. The smallest absolute Gasteiger partial charge is 0.244 e. The highest BCUT2D eigenvalue weighted by atomic mass is 16.5. The maximum atomic E-state index is 12.4. The topological polar surface area (TPSA) is 50.4 Å². The molecule has 0 aliphatic heterocycles. The molecule has 4 heteroatoms. The van der Waals surface area contributed by atoms with E-state index in [2.05, 4.69) is 31.4 Å². The lowest BCUT2D eigenvalue weighted by atomic mass is 9.86. The molecule has 2 N–H and O–H groups in total. The summed E-state index contributed by atoms with van der Waals surface area (Å²) >= 11 is 0. The third kappa shape index (κ3) is 4.46. The minimum absolute atomic E-state index is 0.0168. The van der Waals surface area contributed by atoms with Gasteiger partial charge < -0.3 is 15.4 Å². The average molecular weight is 292 g/mol. The molecule has 0 aromatic heterocycles. The van der Waals surface area contributed by atoms with E-state index in [0.717, 1.165) is 12.1 Å². The highest BCUT2D eigenvalue weighted by Crippen LogP contribution is 2.31. The van der Waals surface area contributed by atoms with E-state index >= 15 is 0 Å². The van der Waals surface area contributed by atoms with Gasteiger partial charge in [-0.3, -0.25) is 4.79 Å². The van der Waals surface area contributed by atoms with Gasteiger partial charge in [-0.15, -0.1) is 0 Å². The van der Waals surface area contributed by atoms with Crippen molar-refractivity contribution in [3.63, 3.8) is 0 Å². The zero-order valence-electron chi connectivity index (χ0n) is 14.3. The van der Waals surface area contributed by atoms with Gasteiger partial charge in [0.2, 0.25) is 5.91 Å². The van der Waals surface area contributed by atoms with E-state index in [1.54, 1.807) is 7.11 Å². The average Bonchev–Trinajstić information content (AvgIpc) is 2.37. The summed E-state index contributed by atoms with van der Waals surface area (Å²) in [5, 5.41) is 6.14. The van der Waals surface area contributed by atoms with Gasteiger partial charge in [0.1, 0.15) is 5.75 Å². The van der Waals surface area contributed by atoms with Gasteiger partial charge in [0.25, 0.3) is 0 Å². The first kappa shape index (κ1) is 17.5. The number of hydrogen-bond donors (Lipinski definition) is 2. The normalized spacial score (nSPS) is 12.1. The molecular formula is C17H28N2O2. The van der Waals surface area contributed by atoms with Gasteiger partial charge in [0.15, 0.2) is 0 Å². The molecule has 21 heavy (non-hydrogen) atoms. The second-order valence-electron chi connectivity index (χ2n) is 6.77. The lowest BCUT2D eigenvalue weighted by molar-refractivity contribution is -0.121. The summed E-state index contributed by atoms with van der Waals surface area (Å²) in [4.78, 5) is 12.4. The Morgan fingerprint density at radius 3 is 2.29 bits per heavy atom. The van der Waals surface area contributed by atoms with Crippen LogP contribution in [0.5, 0.6) is 5.75 Å². The summed E-state index contributed by atoms with van der Waals surface area (Å²) in [5.74, 6) is 0.595. The number of carbonyl (C=O) groups is 1. The second kappa shape index (κ2) is 6.48. The highest BCUT2D eigenvalue weighted by Gasteiger charge is 2.27. The van der Waals surface area contributed by atoms with Gasteiger partial charge >= 0.3 is 0 Å². The minimum atomic E-state index is -0.627. The van der Waals surface area contributed by atoms with Crippen LogP contribution >= 0.6 is 0 Å². The number of anilines is 1. The van der Waals surface area contributed by atoms with Crippen LogP contribution in [0.15, 0.2) is 18.2 Å². The third-order valence-electron chi connectivity index (χ3n) is 3.50. The molecule has 1 amide bonds. The third-order valence-corrected chi connectivity index (χ3v) is 3.50. The quantitative estimate of drug-likeness (QED) is 0.875. The summed E-state index contributed by atoms with van der Waals surface area (Å²) in [6.07, 6.45) is 0. The maximum absolute atomic E-state index is 12.4. The molecular weight excluding hydrogens is 264 g/mol. The zero-order valence-corrected chi connectivity index (χ0v) is 14.3. The summed E-state index contributed by atoms with van der Waals surface area (Å²) in [6, 6.07) is 5.92. The molecule has 1 rings (SSSR count). The number of amides is 1. The number of methoxy groups -OCH3 is 1. The Morgan fingerprint density at radius 1 is 1.19 bits per heavy atom. The van der Waals surface area contributed by atoms with Crippen LogP contribution in [0.1, 0.15) is 47.1 Å². The zero-order chi connectivity index (χ0) is 16.3. The minimum Gasteiger partial charge on any atom is -0.495 e. The van der Waals surface area contributed by atoms with Gasteiger partial charge in [-0.05, 0) is 43.5 Å². The van der Waals surface area contributed by atoms with Crippen LogP contribution in [0.2, 0.25) is 0 Å². The fraction of sp³-hybridized carbons (Fsp3) is 0.588. The van der Waals surface area contributed by atoms with Crippen LogP contribution in [-0.2, 0) is 10.2 Å². The number of rotatable bonds is 5. The Balaban J connectivity index is 3.09. The van der Waals surface area contributed by atoms with Crippen LogP contribution in [0.3, 0.4) is 0 Å². The van der Waals surface area contributed by atoms with Gasteiger partial charge in [0.05, 0.1) is 18.3 Å². The van der Waals surface area contributed by atoms with E-state index in [0.29, 0.717) is 11.4 Å². The number of ether oxygens (including phenoxy) is 1. The molecule has 0 aliphatic carbocycles. The Kier molecular flexibility index (Phi) is 5.40. The Bertz CT molecular complexity index is 502. The molecule has 1 aromatic rings. The van der Waals surface area contributed by atoms with Gasteiger partial charge in [-0.1, -0.05) is 33.8 Å². The van der Waals surface area contributed by atoms with Crippen LogP contribution in [0.25, 0.3) is 0 Å². The molecule has 0 radical (unpaired) electrons. The standard InChI is InChI=1S/C17H28N2O2/c1-8-18-17(5,6)15(20)19-13-11-12(16(2,3)4)9-10-14(13)21-7/h9-11,18H,8H2,1-7H3,(H,19,20). The van der Waals surface area contributed by atoms with Crippen LogP contribution in [0.4, 0.5) is 5.69 Å². The van der Waals surface area contributed by atoms with E-state index in [1.165, 1.54) is 0 Å². The van der Waals surface area contributed by atoms with Crippen LogP contribution in [-0.4, -0.2) is 25.1 Å². The molecule has 0 heterocycles. The van der Waals surface area contributed by atoms with Crippen molar-refractivity contribution in [2.75, 3.05) is 19.0 Å². The van der Waals surface area contributed by atoms with Gasteiger partial charge in [0, 0.05) is 0 Å². The van der Waals surface area contributed by atoms with Crippen molar-refractivity contribution in [2.24, 2.45) is 0 Å². The fourth-order valence-electron chi connectivity index (χ4n) is 2.07. The molecule has 0 atom stereocenters. The van der Waals surface area contributed by atoms with Crippen molar-refractivity contribution in [3.05, 3.63) is 23.8 Å². The molecule has 1 aromatic carbocycles. The number of carbonyl (C=O) groups excluding carboxylic acids is 1. The fourth-order valence-corrected chi connectivity index (χ4v) is 2.07. The lowest BCUT2D eigenvalue weighted by Crippen LogP contribution is -2.49. The first-order valence-corrected chi connectivity index (χ1v) is 7.37. The molecule has 4 nitrogen and oxygen atoms in total. The lowest BCUT2D eigenvalue weighted by Gasteiger charge is -2.26. The van der Waals surface area contributed by atoms with Crippen molar-refractivity contribution in [1.82, 2.24) is 5.32 Å². The molecule has 0 aliphatic rings. The number of likely N-dealkylation sites (N-methyl/N-ethyl adjacent to an activating group) is 1. The first-order chi connectivity index (χ1) is 9.61. The highest BCUT2D eigenvalue weighted by molar-refractivity contribution is 5.98. The largest absolute Gasteiger partial charge is 0.495 e. The van der Waals surface area contributed by atoms with Crippen molar-refractivity contribution in [2.45, 2.75) is 52.5 Å². The summed E-state index contributed by atoms with van der Waals surface area (Å²) in [7, 11) is 1.61. The molecule has 0 saturated carbocycles. The van der Waals surface area contributed by atoms with E-state index < -0.39 is 5.54 Å². The van der Waals surface area contributed by atoms with E-state index in [4.69, 9.17) is 4.74 Å². The Morgan fingerprint density at radius 2 is 1.81 bits per heavy atom.